The highest BCUT2D eigenvalue weighted by Crippen LogP contribution is 2.32. The van der Waals surface area contributed by atoms with E-state index < -0.39 is 42.4 Å². The molecule has 2 aromatic heterocycles. The van der Waals surface area contributed by atoms with Crippen LogP contribution in [0.3, 0.4) is 0 Å². The molecule has 0 saturated heterocycles. The van der Waals surface area contributed by atoms with Crippen molar-refractivity contribution in [2.24, 2.45) is 0 Å². The standard InChI is InChI=1S/C9H9F3N4O3S/c10-9(11,12)5-14(1-3-17)6-7(16(18)19)15-2-4-20-8(15)13-6/h2,4,17H,1,3,5H2. The Bertz CT molecular complexity index is 623. The van der Waals surface area contributed by atoms with Gasteiger partial charge in [-0.1, -0.05) is 11.3 Å². The van der Waals surface area contributed by atoms with E-state index in [0.29, 0.717) is 4.90 Å². The number of aromatic nitrogens is 2. The minimum absolute atomic E-state index is 0.219. The minimum Gasteiger partial charge on any atom is -0.395 e. The van der Waals surface area contributed by atoms with Crippen LogP contribution in [0.4, 0.5) is 24.8 Å². The molecule has 0 atom stereocenters. The third-order valence-electron chi connectivity index (χ3n) is 2.43. The highest BCUT2D eigenvalue weighted by molar-refractivity contribution is 7.15. The molecule has 1 N–H and O–H groups in total. The van der Waals surface area contributed by atoms with Crippen molar-refractivity contribution in [2.75, 3.05) is 24.6 Å². The van der Waals surface area contributed by atoms with E-state index in [0.717, 1.165) is 15.7 Å². The molecule has 0 amide bonds. The molecule has 0 bridgehead atoms. The molecule has 7 nitrogen and oxygen atoms in total. The summed E-state index contributed by atoms with van der Waals surface area (Å²) in [6.07, 6.45) is -3.20. The number of rotatable bonds is 5. The van der Waals surface area contributed by atoms with Gasteiger partial charge in [-0.3, -0.25) is 0 Å². The van der Waals surface area contributed by atoms with Gasteiger partial charge in [0, 0.05) is 11.9 Å². The van der Waals surface area contributed by atoms with Gasteiger partial charge in [-0.15, -0.1) is 0 Å². The monoisotopic (exact) mass is 310 g/mol. The van der Waals surface area contributed by atoms with Crippen LogP contribution in [-0.4, -0.2) is 45.3 Å². The van der Waals surface area contributed by atoms with Crippen molar-refractivity contribution in [1.82, 2.24) is 9.38 Å². The van der Waals surface area contributed by atoms with Gasteiger partial charge in [-0.05, 0) is 4.92 Å². The van der Waals surface area contributed by atoms with Gasteiger partial charge < -0.3 is 20.1 Å². The number of imidazole rings is 1. The van der Waals surface area contributed by atoms with Gasteiger partial charge >= 0.3 is 12.0 Å². The summed E-state index contributed by atoms with van der Waals surface area (Å²) in [6.45, 7) is -2.39. The summed E-state index contributed by atoms with van der Waals surface area (Å²) < 4.78 is 38.6. The summed E-state index contributed by atoms with van der Waals surface area (Å²) in [5, 5.41) is 21.4. The van der Waals surface area contributed by atoms with Crippen LogP contribution in [0.5, 0.6) is 0 Å². The lowest BCUT2D eigenvalue weighted by molar-refractivity contribution is -0.389. The second-order valence-electron chi connectivity index (χ2n) is 3.83. The summed E-state index contributed by atoms with van der Waals surface area (Å²) >= 11 is 1.07. The van der Waals surface area contributed by atoms with E-state index in [1.807, 2.05) is 0 Å². The van der Waals surface area contributed by atoms with E-state index >= 15 is 0 Å². The normalized spacial score (nSPS) is 12.0. The number of anilines is 1. The quantitative estimate of drug-likeness (QED) is 0.671. The first-order chi connectivity index (χ1) is 9.33. The summed E-state index contributed by atoms with van der Waals surface area (Å²) in [5.41, 5.74) is 0. The van der Waals surface area contributed by atoms with Gasteiger partial charge in [0.2, 0.25) is 5.82 Å². The Hall–Kier alpha value is -1.88. The second kappa shape index (κ2) is 5.25. The molecule has 2 rings (SSSR count). The molecule has 110 valence electrons. The van der Waals surface area contributed by atoms with Crippen molar-refractivity contribution < 1.29 is 23.2 Å². The van der Waals surface area contributed by atoms with E-state index in [2.05, 4.69) is 4.98 Å². The number of alkyl halides is 3. The largest absolute Gasteiger partial charge is 0.405 e. The number of thiazole rings is 1. The Morgan fingerprint density at radius 1 is 1.55 bits per heavy atom. The number of hydrogen-bond acceptors (Lipinski definition) is 6. The molecule has 0 spiro atoms. The lowest BCUT2D eigenvalue weighted by Gasteiger charge is -2.22. The maximum atomic E-state index is 12.5. The van der Waals surface area contributed by atoms with Gasteiger partial charge in [0.25, 0.3) is 4.96 Å². The van der Waals surface area contributed by atoms with Crippen LogP contribution in [0.2, 0.25) is 0 Å². The Kier molecular flexibility index (Phi) is 3.81. The van der Waals surface area contributed by atoms with Gasteiger partial charge in [-0.2, -0.15) is 22.6 Å². The highest BCUT2D eigenvalue weighted by atomic mass is 32.1. The number of halogens is 3. The first kappa shape index (κ1) is 14.5. The van der Waals surface area contributed by atoms with Crippen molar-refractivity contribution in [1.29, 1.82) is 0 Å². The summed E-state index contributed by atoms with van der Waals surface area (Å²) in [5.74, 6) is -0.938. The van der Waals surface area contributed by atoms with Crippen LogP contribution in [0.25, 0.3) is 4.96 Å². The van der Waals surface area contributed by atoms with Gasteiger partial charge in [0.1, 0.15) is 12.7 Å². The zero-order valence-electron chi connectivity index (χ0n) is 9.87. The first-order valence-corrected chi connectivity index (χ1v) is 6.24. The molecule has 0 fully saturated rings. The topological polar surface area (TPSA) is 83.9 Å². The van der Waals surface area contributed by atoms with Crippen LogP contribution < -0.4 is 4.90 Å². The van der Waals surface area contributed by atoms with Crippen molar-refractivity contribution in [3.8, 4) is 0 Å². The lowest BCUT2D eigenvalue weighted by atomic mass is 10.4. The predicted octanol–water partition coefficient (Wildman–Crippen LogP) is 1.66. The zero-order valence-corrected chi connectivity index (χ0v) is 10.7. The molecule has 0 aliphatic rings. The molecule has 11 heteroatoms. The van der Waals surface area contributed by atoms with Crippen molar-refractivity contribution in [2.45, 2.75) is 6.18 Å². The van der Waals surface area contributed by atoms with Gasteiger partial charge in [0.15, 0.2) is 0 Å². The molecule has 2 heterocycles. The average Bonchev–Trinajstić information content (AvgIpc) is 2.84. The number of nitrogens with zero attached hydrogens (tertiary/aromatic N) is 4. The Morgan fingerprint density at radius 3 is 2.80 bits per heavy atom. The van der Waals surface area contributed by atoms with Gasteiger partial charge in [-0.25, -0.2) is 0 Å². The summed E-state index contributed by atoms with van der Waals surface area (Å²) in [4.78, 5) is 15.0. The van der Waals surface area contributed by atoms with Crippen LogP contribution in [0, 0.1) is 10.1 Å². The SMILES string of the molecule is O=[N+]([O-])c1c(N(CCO)CC(F)(F)F)nc2sccn12. The van der Waals surface area contributed by atoms with Crippen molar-refractivity contribution in [3.63, 3.8) is 0 Å². The number of aliphatic hydroxyl groups is 1. The maximum absolute atomic E-state index is 12.5. The molecule has 0 radical (unpaired) electrons. The third-order valence-corrected chi connectivity index (χ3v) is 3.19. The number of hydrogen-bond donors (Lipinski definition) is 1. The van der Waals surface area contributed by atoms with E-state index in [1.54, 1.807) is 5.38 Å². The second-order valence-corrected chi connectivity index (χ2v) is 4.71. The fourth-order valence-electron chi connectivity index (χ4n) is 1.74. The van der Waals surface area contributed by atoms with Crippen LogP contribution in [-0.2, 0) is 0 Å². The minimum atomic E-state index is -4.56. The van der Waals surface area contributed by atoms with E-state index in [1.165, 1.54) is 6.20 Å². The van der Waals surface area contributed by atoms with Crippen molar-refractivity contribution in [3.05, 3.63) is 21.7 Å². The maximum Gasteiger partial charge on any atom is 0.405 e. The summed E-state index contributed by atoms with van der Waals surface area (Å²) in [7, 11) is 0. The average molecular weight is 310 g/mol. The molecule has 0 unspecified atom stereocenters. The van der Waals surface area contributed by atoms with E-state index in [4.69, 9.17) is 5.11 Å². The highest BCUT2D eigenvalue weighted by Gasteiger charge is 2.36. The van der Waals surface area contributed by atoms with Gasteiger partial charge in [0.05, 0.1) is 6.61 Å². The molecule has 2 aromatic rings. The van der Waals surface area contributed by atoms with Crippen LogP contribution in [0.15, 0.2) is 11.6 Å². The fraction of sp³-hybridized carbons (Fsp3) is 0.444. The third kappa shape index (κ3) is 2.82. The molecule has 0 aromatic carbocycles. The number of aliphatic hydroxyl groups excluding tert-OH is 1. The number of nitro groups is 1. The van der Waals surface area contributed by atoms with E-state index in [9.17, 15) is 23.3 Å². The molecule has 20 heavy (non-hydrogen) atoms. The fourth-order valence-corrected chi connectivity index (χ4v) is 2.45. The zero-order chi connectivity index (χ0) is 14.9. The Balaban J connectivity index is 2.49. The van der Waals surface area contributed by atoms with Crippen molar-refractivity contribution >= 4 is 27.9 Å². The van der Waals surface area contributed by atoms with Crippen LogP contribution in [0.1, 0.15) is 0 Å². The molecular weight excluding hydrogens is 301 g/mol. The number of fused-ring (bicyclic) bond motifs is 1. The lowest BCUT2D eigenvalue weighted by Crippen LogP contribution is -2.36. The molecular formula is C9H9F3N4O3S. The molecule has 0 aliphatic heterocycles. The first-order valence-electron chi connectivity index (χ1n) is 5.36. The van der Waals surface area contributed by atoms with E-state index in [-0.39, 0.29) is 4.96 Å². The Morgan fingerprint density at radius 2 is 2.25 bits per heavy atom. The van der Waals surface area contributed by atoms with Crippen LogP contribution >= 0.6 is 11.3 Å². The predicted molar refractivity (Wildman–Crippen MR) is 65.1 cm³/mol. The molecule has 0 aliphatic carbocycles. The summed E-state index contributed by atoms with van der Waals surface area (Å²) in [6, 6.07) is 0. The Labute approximate surface area is 114 Å². The molecule has 0 saturated carbocycles. The smallest absolute Gasteiger partial charge is 0.395 e.